The van der Waals surface area contributed by atoms with E-state index < -0.39 is 0 Å². The first-order valence-corrected chi connectivity index (χ1v) is 5.01. The largest absolute Gasteiger partial charge is 0.0847 e. The first-order valence-electron chi connectivity index (χ1n) is 5.01. The van der Waals surface area contributed by atoms with Gasteiger partial charge in [-0.3, -0.25) is 0 Å². The van der Waals surface area contributed by atoms with Crippen LogP contribution in [0.1, 0.15) is 51.4 Å². The molecule has 0 heterocycles. The van der Waals surface area contributed by atoms with Crippen LogP contribution in [0.25, 0.3) is 0 Å². The van der Waals surface area contributed by atoms with Crippen LogP contribution in [0.5, 0.6) is 0 Å². The van der Waals surface area contributed by atoms with Gasteiger partial charge in [0.05, 0.1) is 0 Å². The van der Waals surface area contributed by atoms with E-state index in [1.165, 1.54) is 51.4 Å². The van der Waals surface area contributed by atoms with Gasteiger partial charge in [-0.15, -0.1) is 0 Å². The van der Waals surface area contributed by atoms with Crippen LogP contribution in [0.4, 0.5) is 0 Å². The molecule has 11 heavy (non-hydrogen) atoms. The van der Waals surface area contributed by atoms with E-state index in [4.69, 9.17) is 0 Å². The number of rotatable bonds is 1. The molecular weight excluding hydrogens is 132 g/mol. The minimum Gasteiger partial charge on any atom is -0.0847 e. The molecule has 0 aromatic rings. The van der Waals surface area contributed by atoms with Crippen LogP contribution in [-0.4, -0.2) is 0 Å². The van der Waals surface area contributed by atoms with E-state index in [0.29, 0.717) is 0 Å². The third-order valence-corrected chi connectivity index (χ3v) is 2.95. The minimum atomic E-state index is 1.35. The highest BCUT2D eigenvalue weighted by molar-refractivity contribution is 5.26. The molecule has 1 radical (unpaired) electrons. The van der Waals surface area contributed by atoms with Crippen molar-refractivity contribution in [3.05, 3.63) is 17.6 Å². The number of allylic oxidation sites excluding steroid dienone is 2. The Morgan fingerprint density at radius 1 is 0.818 bits per heavy atom. The lowest BCUT2D eigenvalue weighted by atomic mass is 9.88. The van der Waals surface area contributed by atoms with E-state index in [-0.39, 0.29) is 0 Å². The second-order valence-corrected chi connectivity index (χ2v) is 3.79. The van der Waals surface area contributed by atoms with E-state index >= 15 is 0 Å². The summed E-state index contributed by atoms with van der Waals surface area (Å²) in [5, 5.41) is 0. The fourth-order valence-corrected chi connectivity index (χ4v) is 2.28. The molecule has 0 N–H and O–H groups in total. The Kier molecular flexibility index (Phi) is 2.30. The molecule has 0 aromatic carbocycles. The summed E-state index contributed by atoms with van der Waals surface area (Å²) in [6.07, 6.45) is 13.8. The van der Waals surface area contributed by atoms with Gasteiger partial charge in [-0.2, -0.15) is 0 Å². The maximum atomic E-state index is 2.49. The predicted octanol–water partition coefficient (Wildman–Crippen LogP) is 3.64. The molecule has 0 heteroatoms. The normalized spacial score (nSPS) is 27.1. The highest BCUT2D eigenvalue weighted by Crippen LogP contribution is 2.37. The Bertz CT molecular complexity index is 149. The van der Waals surface area contributed by atoms with Gasteiger partial charge in [-0.05, 0) is 38.5 Å². The van der Waals surface area contributed by atoms with E-state index in [9.17, 15) is 0 Å². The second kappa shape index (κ2) is 3.42. The number of hydrogen-bond donors (Lipinski definition) is 0. The molecule has 0 unspecified atom stereocenters. The van der Waals surface area contributed by atoms with Crippen molar-refractivity contribution in [1.29, 1.82) is 0 Å². The minimum absolute atomic E-state index is 1.35. The molecule has 0 amide bonds. The van der Waals surface area contributed by atoms with Crippen molar-refractivity contribution in [3.63, 3.8) is 0 Å². The molecule has 0 aromatic heterocycles. The third kappa shape index (κ3) is 1.66. The van der Waals surface area contributed by atoms with Gasteiger partial charge in [0.25, 0.3) is 0 Å². The summed E-state index contributed by atoms with van der Waals surface area (Å²) in [6.45, 7) is 0. The van der Waals surface area contributed by atoms with Crippen molar-refractivity contribution in [3.8, 4) is 0 Å². The van der Waals surface area contributed by atoms with Crippen LogP contribution < -0.4 is 0 Å². The monoisotopic (exact) mass is 149 g/mol. The fraction of sp³-hybridized carbons (Fsp3) is 0.727. The summed E-state index contributed by atoms with van der Waals surface area (Å²) in [7, 11) is 0. The van der Waals surface area contributed by atoms with E-state index in [0.717, 1.165) is 0 Å². The zero-order valence-corrected chi connectivity index (χ0v) is 7.23. The van der Waals surface area contributed by atoms with Gasteiger partial charge in [0.15, 0.2) is 0 Å². The lowest BCUT2D eigenvalue weighted by molar-refractivity contribution is 0.680. The Morgan fingerprint density at radius 3 is 2.18 bits per heavy atom. The third-order valence-electron chi connectivity index (χ3n) is 2.95. The van der Waals surface area contributed by atoms with Crippen molar-refractivity contribution < 1.29 is 0 Å². The molecule has 2 aliphatic rings. The SMILES string of the molecule is C1=C([C]2CCCC2)CCCC1. The lowest BCUT2D eigenvalue weighted by Crippen LogP contribution is -2.00. The van der Waals surface area contributed by atoms with Crippen LogP contribution in [0.2, 0.25) is 0 Å². The lowest BCUT2D eigenvalue weighted by Gasteiger charge is -2.17. The molecular formula is C11H17. The van der Waals surface area contributed by atoms with Gasteiger partial charge in [0.1, 0.15) is 0 Å². The molecule has 61 valence electrons. The Hall–Kier alpha value is -0.260. The average Bonchev–Trinajstić information content (AvgIpc) is 2.58. The first kappa shape index (κ1) is 7.39. The highest BCUT2D eigenvalue weighted by atomic mass is 14.2. The fourth-order valence-electron chi connectivity index (χ4n) is 2.28. The zero-order chi connectivity index (χ0) is 7.52. The maximum absolute atomic E-state index is 2.49. The molecule has 2 aliphatic carbocycles. The van der Waals surface area contributed by atoms with E-state index in [2.05, 4.69) is 6.08 Å². The van der Waals surface area contributed by atoms with Gasteiger partial charge in [0.2, 0.25) is 0 Å². The van der Waals surface area contributed by atoms with Gasteiger partial charge in [-0.1, -0.05) is 24.5 Å². The van der Waals surface area contributed by atoms with Crippen LogP contribution in [0.3, 0.4) is 0 Å². The van der Waals surface area contributed by atoms with Crippen LogP contribution in [-0.2, 0) is 0 Å². The van der Waals surface area contributed by atoms with Crippen molar-refractivity contribution in [2.75, 3.05) is 0 Å². The summed E-state index contributed by atoms with van der Waals surface area (Å²) >= 11 is 0. The summed E-state index contributed by atoms with van der Waals surface area (Å²) in [4.78, 5) is 0. The average molecular weight is 149 g/mol. The van der Waals surface area contributed by atoms with Crippen molar-refractivity contribution in [2.24, 2.45) is 0 Å². The summed E-state index contributed by atoms with van der Waals surface area (Å²) in [5.74, 6) is 1.80. The molecule has 0 nitrogen and oxygen atoms in total. The molecule has 0 bridgehead atoms. The predicted molar refractivity (Wildman–Crippen MR) is 48.3 cm³/mol. The van der Waals surface area contributed by atoms with Crippen LogP contribution >= 0.6 is 0 Å². The van der Waals surface area contributed by atoms with Crippen LogP contribution in [0.15, 0.2) is 11.6 Å². The van der Waals surface area contributed by atoms with Crippen molar-refractivity contribution in [1.82, 2.24) is 0 Å². The van der Waals surface area contributed by atoms with Gasteiger partial charge >= 0.3 is 0 Å². The molecule has 2 rings (SSSR count). The molecule has 0 aliphatic heterocycles. The van der Waals surface area contributed by atoms with E-state index in [1.54, 1.807) is 11.5 Å². The van der Waals surface area contributed by atoms with Crippen molar-refractivity contribution in [2.45, 2.75) is 51.4 Å². The van der Waals surface area contributed by atoms with Gasteiger partial charge < -0.3 is 0 Å². The molecule has 0 spiro atoms. The van der Waals surface area contributed by atoms with Crippen molar-refractivity contribution >= 4 is 0 Å². The summed E-state index contributed by atoms with van der Waals surface area (Å²) in [5.41, 5.74) is 1.73. The molecule has 0 atom stereocenters. The quantitative estimate of drug-likeness (QED) is 0.534. The summed E-state index contributed by atoms with van der Waals surface area (Å²) < 4.78 is 0. The molecule has 1 saturated carbocycles. The summed E-state index contributed by atoms with van der Waals surface area (Å²) in [6, 6.07) is 0. The smallest absolute Gasteiger partial charge is 0.000545 e. The van der Waals surface area contributed by atoms with Gasteiger partial charge in [0, 0.05) is 5.92 Å². The molecule has 0 saturated heterocycles. The van der Waals surface area contributed by atoms with Crippen LogP contribution in [0, 0.1) is 5.92 Å². The Balaban J connectivity index is 1.96. The highest BCUT2D eigenvalue weighted by Gasteiger charge is 2.20. The molecule has 1 fully saturated rings. The standard InChI is InChI=1S/C11H17/c1-2-6-10(7-3-1)11-8-4-5-9-11/h6H,1-5,7-9H2. The first-order chi connectivity index (χ1) is 5.47. The Morgan fingerprint density at radius 2 is 1.55 bits per heavy atom. The zero-order valence-electron chi connectivity index (χ0n) is 7.23. The Labute approximate surface area is 69.7 Å². The maximum Gasteiger partial charge on any atom is 0.000545 e. The second-order valence-electron chi connectivity index (χ2n) is 3.79. The van der Waals surface area contributed by atoms with Gasteiger partial charge in [-0.25, -0.2) is 0 Å². The number of hydrogen-bond acceptors (Lipinski definition) is 0. The topological polar surface area (TPSA) is 0 Å². The van der Waals surface area contributed by atoms with E-state index in [1.807, 2.05) is 0 Å².